The highest BCUT2D eigenvalue weighted by molar-refractivity contribution is 7.88. The minimum Gasteiger partial charge on any atom is -0.375 e. The Morgan fingerprint density at radius 3 is 2.00 bits per heavy atom. The molecule has 138 valence electrons. The van der Waals surface area contributed by atoms with Crippen molar-refractivity contribution in [3.05, 3.63) is 0 Å². The van der Waals surface area contributed by atoms with Crippen molar-refractivity contribution in [2.24, 2.45) is 0 Å². The maximum atomic E-state index is 12.3. The van der Waals surface area contributed by atoms with Crippen LogP contribution in [0, 0.1) is 0 Å². The minimum absolute atomic E-state index is 0.113. The Kier molecular flexibility index (Phi) is 5.09. The summed E-state index contributed by atoms with van der Waals surface area (Å²) in [5, 5.41) is 0. The van der Waals surface area contributed by atoms with Gasteiger partial charge in [0.1, 0.15) is 0 Å². The third-order valence-electron chi connectivity index (χ3n) is 5.55. The molecule has 3 heterocycles. The van der Waals surface area contributed by atoms with E-state index in [-0.39, 0.29) is 18.2 Å². The van der Waals surface area contributed by atoms with Gasteiger partial charge in [0, 0.05) is 39.3 Å². The number of piperidine rings is 2. The van der Waals surface area contributed by atoms with Crippen molar-refractivity contribution in [3.63, 3.8) is 0 Å². The minimum atomic E-state index is -3.09. The highest BCUT2D eigenvalue weighted by Gasteiger charge is 2.44. The molecule has 2 amide bonds. The zero-order valence-corrected chi connectivity index (χ0v) is 15.7. The van der Waals surface area contributed by atoms with E-state index in [2.05, 4.69) is 0 Å². The van der Waals surface area contributed by atoms with Gasteiger partial charge < -0.3 is 14.5 Å². The van der Waals surface area contributed by atoms with E-state index in [0.29, 0.717) is 25.2 Å². The normalized spacial score (nSPS) is 32.1. The number of carbonyl (C=O) groups excluding carboxylic acids is 1. The van der Waals surface area contributed by atoms with Gasteiger partial charge in [-0.05, 0) is 38.5 Å². The van der Waals surface area contributed by atoms with E-state index in [1.807, 2.05) is 4.90 Å². The van der Waals surface area contributed by atoms with Crippen LogP contribution >= 0.6 is 0 Å². The average Bonchev–Trinajstić information content (AvgIpc) is 2.77. The SMILES string of the molecule is CN(C)C(=O)N1[C@@H]2CC[C@H]1CC(OC1CCN(S(C)(=O)=O)CC1)C2. The number of ether oxygens (including phenoxy) is 1. The quantitative estimate of drug-likeness (QED) is 0.757. The number of fused-ring (bicyclic) bond motifs is 2. The number of hydrogen-bond donors (Lipinski definition) is 0. The molecule has 8 heteroatoms. The van der Waals surface area contributed by atoms with E-state index in [0.717, 1.165) is 38.5 Å². The molecule has 3 aliphatic rings. The number of amides is 2. The number of nitrogens with zero attached hydrogens (tertiary/aromatic N) is 3. The van der Waals surface area contributed by atoms with Crippen LogP contribution in [0.4, 0.5) is 4.79 Å². The van der Waals surface area contributed by atoms with Crippen molar-refractivity contribution in [2.75, 3.05) is 33.4 Å². The van der Waals surface area contributed by atoms with Gasteiger partial charge in [-0.1, -0.05) is 0 Å². The van der Waals surface area contributed by atoms with E-state index < -0.39 is 10.0 Å². The summed E-state index contributed by atoms with van der Waals surface area (Å²) < 4.78 is 31.0. The lowest BCUT2D eigenvalue weighted by molar-refractivity contribution is -0.0685. The van der Waals surface area contributed by atoms with Crippen LogP contribution in [-0.4, -0.2) is 86.3 Å². The van der Waals surface area contributed by atoms with Gasteiger partial charge in [-0.25, -0.2) is 17.5 Å². The van der Waals surface area contributed by atoms with Crippen molar-refractivity contribution in [1.82, 2.24) is 14.1 Å². The molecular formula is C16H29N3O4S. The molecule has 3 rings (SSSR count). The Balaban J connectivity index is 1.52. The van der Waals surface area contributed by atoms with Crippen molar-refractivity contribution >= 4 is 16.1 Å². The average molecular weight is 359 g/mol. The summed E-state index contributed by atoms with van der Waals surface area (Å²) >= 11 is 0. The Morgan fingerprint density at radius 2 is 1.54 bits per heavy atom. The van der Waals surface area contributed by atoms with Crippen molar-refractivity contribution in [1.29, 1.82) is 0 Å². The van der Waals surface area contributed by atoms with Crippen LogP contribution in [0.25, 0.3) is 0 Å². The van der Waals surface area contributed by atoms with Crippen LogP contribution in [0.1, 0.15) is 38.5 Å². The Hall–Kier alpha value is -0.860. The molecule has 0 aromatic carbocycles. The van der Waals surface area contributed by atoms with Crippen molar-refractivity contribution in [2.45, 2.75) is 62.8 Å². The zero-order chi connectivity index (χ0) is 17.5. The fraction of sp³-hybridized carbons (Fsp3) is 0.938. The molecule has 0 saturated carbocycles. The van der Waals surface area contributed by atoms with Crippen LogP contribution in [0.2, 0.25) is 0 Å². The molecule has 3 fully saturated rings. The fourth-order valence-corrected chi connectivity index (χ4v) is 5.23. The third kappa shape index (κ3) is 3.70. The zero-order valence-electron chi connectivity index (χ0n) is 14.8. The van der Waals surface area contributed by atoms with Gasteiger partial charge in [0.15, 0.2) is 0 Å². The summed E-state index contributed by atoms with van der Waals surface area (Å²) in [7, 11) is 0.525. The number of urea groups is 1. The third-order valence-corrected chi connectivity index (χ3v) is 6.85. The fourth-order valence-electron chi connectivity index (χ4n) is 4.35. The molecule has 2 bridgehead atoms. The van der Waals surface area contributed by atoms with Gasteiger partial charge in [-0.2, -0.15) is 0 Å². The maximum absolute atomic E-state index is 12.3. The predicted molar refractivity (Wildman–Crippen MR) is 91.3 cm³/mol. The highest BCUT2D eigenvalue weighted by atomic mass is 32.2. The Labute approximate surface area is 145 Å². The second-order valence-corrected chi connectivity index (χ2v) is 9.54. The van der Waals surface area contributed by atoms with Gasteiger partial charge in [0.05, 0.1) is 18.5 Å². The number of sulfonamides is 1. The Morgan fingerprint density at radius 1 is 1.00 bits per heavy atom. The first-order valence-electron chi connectivity index (χ1n) is 8.86. The van der Waals surface area contributed by atoms with E-state index in [1.54, 1.807) is 19.0 Å². The van der Waals surface area contributed by atoms with Crippen LogP contribution in [0.3, 0.4) is 0 Å². The van der Waals surface area contributed by atoms with Crippen molar-refractivity contribution < 1.29 is 17.9 Å². The molecule has 0 aromatic rings. The number of carbonyl (C=O) groups is 1. The molecule has 1 unspecified atom stereocenters. The first-order chi connectivity index (χ1) is 11.3. The highest BCUT2D eigenvalue weighted by Crippen LogP contribution is 2.38. The molecule has 0 radical (unpaired) electrons. The first-order valence-corrected chi connectivity index (χ1v) is 10.7. The summed E-state index contributed by atoms with van der Waals surface area (Å²) in [6, 6.07) is 0.696. The molecule has 0 aliphatic carbocycles. The number of hydrogen-bond acceptors (Lipinski definition) is 4. The van der Waals surface area contributed by atoms with Crippen LogP contribution < -0.4 is 0 Å². The molecule has 3 aliphatic heterocycles. The van der Waals surface area contributed by atoms with Crippen molar-refractivity contribution in [3.8, 4) is 0 Å². The van der Waals surface area contributed by atoms with Crippen LogP contribution in [-0.2, 0) is 14.8 Å². The lowest BCUT2D eigenvalue weighted by Gasteiger charge is -2.41. The van der Waals surface area contributed by atoms with Crippen LogP contribution in [0.15, 0.2) is 0 Å². The molecule has 3 saturated heterocycles. The van der Waals surface area contributed by atoms with E-state index in [4.69, 9.17) is 4.74 Å². The summed E-state index contributed by atoms with van der Waals surface area (Å²) in [6.45, 7) is 1.10. The molecule has 3 atom stereocenters. The standard InChI is InChI=1S/C16H29N3O4S/c1-17(2)16(20)19-12-4-5-13(19)11-15(10-12)23-14-6-8-18(9-7-14)24(3,21)22/h12-15H,4-11H2,1-3H3/t12-,13+,15?. The van der Waals surface area contributed by atoms with E-state index >= 15 is 0 Å². The van der Waals surface area contributed by atoms with Gasteiger partial charge in [-0.3, -0.25) is 0 Å². The molecule has 7 nitrogen and oxygen atoms in total. The maximum Gasteiger partial charge on any atom is 0.319 e. The summed E-state index contributed by atoms with van der Waals surface area (Å²) in [4.78, 5) is 16.0. The summed E-state index contributed by atoms with van der Waals surface area (Å²) in [5.74, 6) is 0. The molecule has 0 N–H and O–H groups in total. The van der Waals surface area contributed by atoms with E-state index in [1.165, 1.54) is 10.6 Å². The molecule has 0 aromatic heterocycles. The lowest BCUT2D eigenvalue weighted by atomic mass is 9.99. The predicted octanol–water partition coefficient (Wildman–Crippen LogP) is 1.10. The van der Waals surface area contributed by atoms with Gasteiger partial charge in [0.25, 0.3) is 0 Å². The van der Waals surface area contributed by atoms with Crippen LogP contribution in [0.5, 0.6) is 0 Å². The molecule has 24 heavy (non-hydrogen) atoms. The smallest absolute Gasteiger partial charge is 0.319 e. The monoisotopic (exact) mass is 359 g/mol. The second kappa shape index (κ2) is 6.80. The molecule has 0 spiro atoms. The van der Waals surface area contributed by atoms with E-state index in [9.17, 15) is 13.2 Å². The van der Waals surface area contributed by atoms with Gasteiger partial charge in [-0.15, -0.1) is 0 Å². The molecular weight excluding hydrogens is 330 g/mol. The summed E-state index contributed by atoms with van der Waals surface area (Å²) in [6.07, 6.45) is 7.08. The summed E-state index contributed by atoms with van der Waals surface area (Å²) in [5.41, 5.74) is 0. The topological polar surface area (TPSA) is 70.2 Å². The second-order valence-electron chi connectivity index (χ2n) is 7.56. The Bertz CT molecular complexity index is 558. The van der Waals surface area contributed by atoms with Gasteiger partial charge in [0.2, 0.25) is 10.0 Å². The number of rotatable bonds is 3. The largest absolute Gasteiger partial charge is 0.375 e. The van der Waals surface area contributed by atoms with Gasteiger partial charge >= 0.3 is 6.03 Å². The first kappa shape index (κ1) is 17.9. The lowest BCUT2D eigenvalue weighted by Crippen LogP contribution is -2.52.